The van der Waals surface area contributed by atoms with Crippen molar-refractivity contribution in [2.75, 3.05) is 0 Å². The molecule has 14 heavy (non-hydrogen) atoms. The van der Waals surface area contributed by atoms with Crippen molar-refractivity contribution in [2.45, 2.75) is 18.9 Å². The van der Waals surface area contributed by atoms with Gasteiger partial charge >= 0.3 is 0 Å². The Kier molecular flexibility index (Phi) is 2.79. The lowest BCUT2D eigenvalue weighted by Crippen LogP contribution is -2.18. The number of carbonyl (C=O) groups is 1. The fraction of sp³-hybridized carbons (Fsp3) is 0.300. The van der Waals surface area contributed by atoms with Gasteiger partial charge in [-0.1, -0.05) is 17.7 Å². The van der Waals surface area contributed by atoms with Gasteiger partial charge in [-0.3, -0.25) is 4.79 Å². The Bertz CT molecular complexity index is 380. The quantitative estimate of drug-likeness (QED) is 0.838. The highest BCUT2D eigenvalue weighted by Gasteiger charge is 2.22. The molecule has 0 aliphatic carbocycles. The molecular weight excluding hydrogens is 265 g/mol. The van der Waals surface area contributed by atoms with Crippen molar-refractivity contribution in [1.29, 1.82) is 0 Å². The largest absolute Gasteiger partial charge is 0.349 e. The smallest absolute Gasteiger partial charge is 0.220 e. The van der Waals surface area contributed by atoms with Crippen molar-refractivity contribution in [3.05, 3.63) is 33.3 Å². The third kappa shape index (κ3) is 1.93. The summed E-state index contributed by atoms with van der Waals surface area (Å²) in [6, 6.07) is 5.91. The molecule has 2 rings (SSSR count). The molecule has 0 radical (unpaired) electrons. The molecule has 1 atom stereocenters. The summed E-state index contributed by atoms with van der Waals surface area (Å²) in [4.78, 5) is 11.0. The minimum atomic E-state index is 0.119. The summed E-state index contributed by atoms with van der Waals surface area (Å²) in [6.07, 6.45) is 1.47. The predicted molar refractivity (Wildman–Crippen MR) is 59.3 cm³/mol. The third-order valence-corrected chi connectivity index (χ3v) is 3.57. The Balaban J connectivity index is 2.24. The number of hydrogen-bond donors (Lipinski definition) is 1. The van der Waals surface area contributed by atoms with E-state index in [1.807, 2.05) is 18.2 Å². The molecule has 1 fully saturated rings. The molecule has 1 heterocycles. The van der Waals surface area contributed by atoms with Crippen LogP contribution >= 0.6 is 27.5 Å². The Hall–Kier alpha value is -0.540. The Morgan fingerprint density at radius 2 is 2.29 bits per heavy atom. The van der Waals surface area contributed by atoms with Gasteiger partial charge in [-0.2, -0.15) is 0 Å². The molecule has 0 aromatic heterocycles. The van der Waals surface area contributed by atoms with E-state index in [1.54, 1.807) is 0 Å². The van der Waals surface area contributed by atoms with Gasteiger partial charge in [-0.05, 0) is 40.0 Å². The minimum absolute atomic E-state index is 0.119. The first-order chi connectivity index (χ1) is 6.66. The van der Waals surface area contributed by atoms with Crippen LogP contribution in [0.1, 0.15) is 24.4 Å². The second-order valence-corrected chi connectivity index (χ2v) is 4.59. The zero-order valence-corrected chi connectivity index (χ0v) is 9.73. The Morgan fingerprint density at radius 3 is 2.86 bits per heavy atom. The fourth-order valence-electron chi connectivity index (χ4n) is 1.59. The Labute approximate surface area is 95.8 Å². The highest BCUT2D eigenvalue weighted by atomic mass is 79.9. The van der Waals surface area contributed by atoms with E-state index in [1.165, 1.54) is 0 Å². The number of benzene rings is 1. The normalized spacial score (nSPS) is 21.0. The van der Waals surface area contributed by atoms with Crippen LogP contribution in [0.2, 0.25) is 5.02 Å². The monoisotopic (exact) mass is 273 g/mol. The summed E-state index contributed by atoms with van der Waals surface area (Å²) in [5.74, 6) is 0.119. The molecule has 74 valence electrons. The fourth-order valence-corrected chi connectivity index (χ4v) is 2.03. The van der Waals surface area contributed by atoms with Crippen LogP contribution in [0.15, 0.2) is 22.7 Å². The van der Waals surface area contributed by atoms with Gasteiger partial charge in [0.15, 0.2) is 0 Å². The standard InChI is InChI=1S/C10H9BrClNO/c11-7-2-1-6(5-8(7)12)9-3-4-10(14)13-9/h1-2,5,9H,3-4H2,(H,13,14)/t9-/m1/s1. The van der Waals surface area contributed by atoms with Crippen molar-refractivity contribution in [1.82, 2.24) is 5.32 Å². The van der Waals surface area contributed by atoms with E-state index in [0.29, 0.717) is 11.4 Å². The van der Waals surface area contributed by atoms with E-state index in [9.17, 15) is 4.79 Å². The molecule has 0 bridgehead atoms. The van der Waals surface area contributed by atoms with E-state index in [2.05, 4.69) is 21.2 Å². The molecule has 0 spiro atoms. The zero-order chi connectivity index (χ0) is 10.1. The average Bonchev–Trinajstić information content (AvgIpc) is 2.57. The van der Waals surface area contributed by atoms with Crippen LogP contribution < -0.4 is 5.32 Å². The number of carbonyl (C=O) groups excluding carboxylic acids is 1. The maximum absolute atomic E-state index is 11.0. The molecule has 4 heteroatoms. The molecule has 2 nitrogen and oxygen atoms in total. The lowest BCUT2D eigenvalue weighted by Gasteiger charge is -2.10. The third-order valence-electron chi connectivity index (χ3n) is 2.34. The lowest BCUT2D eigenvalue weighted by molar-refractivity contribution is -0.119. The van der Waals surface area contributed by atoms with E-state index in [4.69, 9.17) is 11.6 Å². The topological polar surface area (TPSA) is 29.1 Å². The molecule has 1 saturated heterocycles. The van der Waals surface area contributed by atoms with E-state index >= 15 is 0 Å². The van der Waals surface area contributed by atoms with Gasteiger partial charge in [-0.15, -0.1) is 0 Å². The maximum atomic E-state index is 11.0. The molecule has 1 aromatic rings. The average molecular weight is 275 g/mol. The first-order valence-electron chi connectivity index (χ1n) is 4.41. The van der Waals surface area contributed by atoms with E-state index in [-0.39, 0.29) is 11.9 Å². The zero-order valence-electron chi connectivity index (χ0n) is 7.39. The molecule has 1 aliphatic heterocycles. The van der Waals surface area contributed by atoms with Gasteiger partial charge in [0.25, 0.3) is 0 Å². The van der Waals surface area contributed by atoms with Crippen molar-refractivity contribution >= 4 is 33.4 Å². The lowest BCUT2D eigenvalue weighted by atomic mass is 10.1. The van der Waals surface area contributed by atoms with Crippen LogP contribution in [0.4, 0.5) is 0 Å². The van der Waals surface area contributed by atoms with Gasteiger partial charge in [-0.25, -0.2) is 0 Å². The van der Waals surface area contributed by atoms with Gasteiger partial charge in [0.1, 0.15) is 0 Å². The maximum Gasteiger partial charge on any atom is 0.220 e. The van der Waals surface area contributed by atoms with Crippen LogP contribution in [-0.4, -0.2) is 5.91 Å². The molecule has 1 aromatic carbocycles. The predicted octanol–water partition coefficient (Wildman–Crippen LogP) is 3.05. The van der Waals surface area contributed by atoms with E-state index < -0.39 is 0 Å². The summed E-state index contributed by atoms with van der Waals surface area (Å²) in [7, 11) is 0. The van der Waals surface area contributed by atoms with Crippen LogP contribution in [0, 0.1) is 0 Å². The van der Waals surface area contributed by atoms with Crippen molar-refractivity contribution in [3.8, 4) is 0 Å². The molecule has 0 saturated carbocycles. The molecule has 1 N–H and O–H groups in total. The number of hydrogen-bond acceptors (Lipinski definition) is 1. The van der Waals surface area contributed by atoms with Crippen molar-refractivity contribution < 1.29 is 4.79 Å². The molecule has 1 aliphatic rings. The second kappa shape index (κ2) is 3.91. The van der Waals surface area contributed by atoms with Crippen LogP contribution in [-0.2, 0) is 4.79 Å². The summed E-state index contributed by atoms with van der Waals surface area (Å²) in [5.41, 5.74) is 1.07. The summed E-state index contributed by atoms with van der Waals surface area (Å²) >= 11 is 9.30. The highest BCUT2D eigenvalue weighted by Crippen LogP contribution is 2.29. The van der Waals surface area contributed by atoms with Crippen LogP contribution in [0.3, 0.4) is 0 Å². The molecule has 0 unspecified atom stereocenters. The second-order valence-electron chi connectivity index (χ2n) is 3.33. The minimum Gasteiger partial charge on any atom is -0.349 e. The summed E-state index contributed by atoms with van der Waals surface area (Å²) in [6.45, 7) is 0. The van der Waals surface area contributed by atoms with Crippen molar-refractivity contribution in [3.63, 3.8) is 0 Å². The Morgan fingerprint density at radius 1 is 1.50 bits per heavy atom. The number of amides is 1. The van der Waals surface area contributed by atoms with Crippen molar-refractivity contribution in [2.24, 2.45) is 0 Å². The summed E-state index contributed by atoms with van der Waals surface area (Å²) < 4.78 is 0.882. The van der Waals surface area contributed by atoms with Gasteiger partial charge < -0.3 is 5.32 Å². The number of halogens is 2. The van der Waals surface area contributed by atoms with Gasteiger partial charge in [0.2, 0.25) is 5.91 Å². The first kappa shape index (κ1) is 9.99. The van der Waals surface area contributed by atoms with Crippen LogP contribution in [0.5, 0.6) is 0 Å². The first-order valence-corrected chi connectivity index (χ1v) is 5.58. The summed E-state index contributed by atoms with van der Waals surface area (Å²) in [5, 5.41) is 3.59. The van der Waals surface area contributed by atoms with E-state index in [0.717, 1.165) is 16.5 Å². The molecule has 1 amide bonds. The van der Waals surface area contributed by atoms with Gasteiger partial charge in [0.05, 0.1) is 11.1 Å². The van der Waals surface area contributed by atoms with Gasteiger partial charge in [0, 0.05) is 10.9 Å². The molecular formula is C10H9BrClNO. The van der Waals surface area contributed by atoms with Crippen LogP contribution in [0.25, 0.3) is 0 Å². The number of nitrogens with one attached hydrogen (secondary N) is 1. The SMILES string of the molecule is O=C1CC[C@H](c2ccc(Br)c(Cl)c2)N1. The number of rotatable bonds is 1. The highest BCUT2D eigenvalue weighted by molar-refractivity contribution is 9.10.